The first-order chi connectivity index (χ1) is 10.2. The van der Waals surface area contributed by atoms with Crippen LogP contribution in [-0.2, 0) is 10.3 Å². The van der Waals surface area contributed by atoms with E-state index in [0.29, 0.717) is 6.42 Å². The monoisotopic (exact) mass is 285 g/mol. The largest absolute Gasteiger partial charge is 0.370 e. The number of aliphatic imine (C=N–C) groups is 1. The van der Waals surface area contributed by atoms with Gasteiger partial charge in [-0.25, -0.2) is 0 Å². The molecule has 0 bridgehead atoms. The Morgan fingerprint density at radius 3 is 2.71 bits per heavy atom. The summed E-state index contributed by atoms with van der Waals surface area (Å²) in [6.07, 6.45) is 8.41. The number of nitrogens with one attached hydrogen (secondary N) is 1. The lowest BCUT2D eigenvalue weighted by molar-refractivity contribution is -0.113. The molecule has 1 unspecified atom stereocenters. The van der Waals surface area contributed by atoms with Crippen LogP contribution in [0.4, 0.5) is 0 Å². The maximum Gasteiger partial charge on any atom is 0.189 e. The summed E-state index contributed by atoms with van der Waals surface area (Å²) in [5.74, 6) is 0.280. The number of benzene rings is 1. The molecule has 21 heavy (non-hydrogen) atoms. The summed E-state index contributed by atoms with van der Waals surface area (Å²) in [4.78, 5) is 15.9. The van der Waals surface area contributed by atoms with Gasteiger partial charge in [0.25, 0.3) is 0 Å². The summed E-state index contributed by atoms with van der Waals surface area (Å²) in [6.45, 7) is 0. The fourth-order valence-electron chi connectivity index (χ4n) is 2.80. The molecule has 0 radical (unpaired) electrons. The third-order valence-corrected chi connectivity index (χ3v) is 3.97. The van der Waals surface area contributed by atoms with Crippen LogP contribution in [0.15, 0.2) is 47.0 Å². The van der Waals surface area contributed by atoms with Gasteiger partial charge in [-0.05, 0) is 31.2 Å². The second-order valence-corrected chi connectivity index (χ2v) is 5.47. The maximum absolute atomic E-state index is 12.0. The van der Waals surface area contributed by atoms with Crippen LogP contribution in [0.5, 0.6) is 0 Å². The van der Waals surface area contributed by atoms with E-state index in [1.54, 1.807) is 7.05 Å². The number of carbonyl (C=O) groups excluding carboxylic acids is 1. The summed E-state index contributed by atoms with van der Waals surface area (Å²) >= 11 is 0. The van der Waals surface area contributed by atoms with Gasteiger partial charge < -0.3 is 15.8 Å². The highest BCUT2D eigenvalue weighted by Gasteiger charge is 2.33. The molecule has 1 aromatic carbocycles. The van der Waals surface area contributed by atoms with E-state index < -0.39 is 5.54 Å². The third kappa shape index (κ3) is 3.72. The van der Waals surface area contributed by atoms with Crippen molar-refractivity contribution < 1.29 is 4.79 Å². The summed E-state index contributed by atoms with van der Waals surface area (Å²) in [5.41, 5.74) is 7.23. The molecule has 1 aliphatic rings. The molecule has 0 heterocycles. The van der Waals surface area contributed by atoms with Gasteiger partial charge >= 0.3 is 0 Å². The third-order valence-electron chi connectivity index (χ3n) is 3.97. The molecule has 0 fully saturated rings. The van der Waals surface area contributed by atoms with Crippen LogP contribution in [-0.4, -0.2) is 19.3 Å². The minimum Gasteiger partial charge on any atom is -0.370 e. The standard InChI is InChI=1S/C17H23N3O/c1-19-16(18)20-17(13-21,15-10-6-3-7-11-15)12-14-8-4-2-5-9-14/h3,6-8,10-11,13H,2,4-5,9,12H2,1H3,(H3,18,19,20). The van der Waals surface area contributed by atoms with Crippen LogP contribution >= 0.6 is 0 Å². The predicted molar refractivity (Wildman–Crippen MR) is 86.0 cm³/mol. The molecule has 4 nitrogen and oxygen atoms in total. The van der Waals surface area contributed by atoms with E-state index in [4.69, 9.17) is 5.73 Å². The van der Waals surface area contributed by atoms with Crippen molar-refractivity contribution in [2.24, 2.45) is 10.7 Å². The van der Waals surface area contributed by atoms with E-state index in [-0.39, 0.29) is 5.96 Å². The van der Waals surface area contributed by atoms with E-state index in [2.05, 4.69) is 16.4 Å². The number of rotatable bonds is 5. The highest BCUT2D eigenvalue weighted by Crippen LogP contribution is 2.31. The minimum absolute atomic E-state index is 0.280. The van der Waals surface area contributed by atoms with Crippen LogP contribution in [0.1, 0.15) is 37.7 Å². The molecule has 0 aliphatic heterocycles. The van der Waals surface area contributed by atoms with Crippen molar-refractivity contribution in [3.8, 4) is 0 Å². The lowest BCUT2D eigenvalue weighted by Crippen LogP contribution is -2.50. The lowest BCUT2D eigenvalue weighted by atomic mass is 9.82. The number of hydrogen-bond donors (Lipinski definition) is 2. The highest BCUT2D eigenvalue weighted by molar-refractivity contribution is 5.84. The van der Waals surface area contributed by atoms with Crippen molar-refractivity contribution in [2.45, 2.75) is 37.6 Å². The molecule has 0 saturated heterocycles. The molecule has 0 amide bonds. The van der Waals surface area contributed by atoms with Crippen LogP contribution in [0.25, 0.3) is 0 Å². The molecule has 2 rings (SSSR count). The molecule has 1 aliphatic carbocycles. The van der Waals surface area contributed by atoms with Gasteiger partial charge in [-0.1, -0.05) is 42.0 Å². The number of guanidine groups is 1. The van der Waals surface area contributed by atoms with Gasteiger partial charge in [-0.3, -0.25) is 4.99 Å². The molecule has 112 valence electrons. The first kappa shape index (κ1) is 15.3. The molecule has 3 N–H and O–H groups in total. The van der Waals surface area contributed by atoms with Crippen molar-refractivity contribution in [3.63, 3.8) is 0 Å². The Balaban J connectivity index is 2.36. The first-order valence-electron chi connectivity index (χ1n) is 7.40. The normalized spacial score (nSPS) is 18.5. The van der Waals surface area contributed by atoms with Crippen molar-refractivity contribution in [1.82, 2.24) is 5.32 Å². The Morgan fingerprint density at radius 1 is 1.38 bits per heavy atom. The summed E-state index contributed by atoms with van der Waals surface area (Å²) in [5, 5.41) is 3.11. The zero-order chi connectivity index (χ0) is 15.1. The quantitative estimate of drug-likeness (QED) is 0.378. The van der Waals surface area contributed by atoms with Gasteiger partial charge in [-0.2, -0.15) is 0 Å². The average Bonchev–Trinajstić information content (AvgIpc) is 2.55. The van der Waals surface area contributed by atoms with Gasteiger partial charge in [0.05, 0.1) is 0 Å². The second-order valence-electron chi connectivity index (χ2n) is 5.47. The smallest absolute Gasteiger partial charge is 0.189 e. The maximum atomic E-state index is 12.0. The number of hydrogen-bond acceptors (Lipinski definition) is 2. The van der Waals surface area contributed by atoms with Crippen molar-refractivity contribution in [3.05, 3.63) is 47.5 Å². The fraction of sp³-hybridized carbons (Fsp3) is 0.412. The Kier molecular flexibility index (Phi) is 5.14. The predicted octanol–water partition coefficient (Wildman–Crippen LogP) is 2.51. The summed E-state index contributed by atoms with van der Waals surface area (Å²) in [6, 6.07) is 9.71. The SMILES string of the molecule is CN=C(N)NC(C=O)(CC1=CCCCC1)c1ccccc1. The summed E-state index contributed by atoms with van der Waals surface area (Å²) < 4.78 is 0. The van der Waals surface area contributed by atoms with Crippen molar-refractivity contribution >= 4 is 12.2 Å². The van der Waals surface area contributed by atoms with Crippen molar-refractivity contribution in [1.29, 1.82) is 0 Å². The Morgan fingerprint density at radius 2 is 2.14 bits per heavy atom. The fourth-order valence-corrected chi connectivity index (χ4v) is 2.80. The number of carbonyl (C=O) groups is 1. The van der Waals surface area contributed by atoms with Crippen LogP contribution in [0, 0.1) is 0 Å². The highest BCUT2D eigenvalue weighted by atomic mass is 16.1. The van der Waals surface area contributed by atoms with Gasteiger partial charge in [0.15, 0.2) is 5.96 Å². The Labute approximate surface area is 126 Å². The minimum atomic E-state index is -0.839. The number of nitrogens with two attached hydrogens (primary N) is 1. The Hall–Kier alpha value is -2.10. The van der Waals surface area contributed by atoms with Crippen LogP contribution in [0.2, 0.25) is 0 Å². The van der Waals surface area contributed by atoms with E-state index in [1.807, 2.05) is 30.3 Å². The van der Waals surface area contributed by atoms with Crippen molar-refractivity contribution in [2.75, 3.05) is 7.05 Å². The Bertz CT molecular complexity index is 536. The molecule has 1 aromatic rings. The average molecular weight is 285 g/mol. The van der Waals surface area contributed by atoms with Gasteiger partial charge in [0.1, 0.15) is 11.8 Å². The van der Waals surface area contributed by atoms with E-state index in [9.17, 15) is 4.79 Å². The zero-order valence-corrected chi connectivity index (χ0v) is 12.5. The van der Waals surface area contributed by atoms with E-state index >= 15 is 0 Å². The van der Waals surface area contributed by atoms with Crippen LogP contribution < -0.4 is 11.1 Å². The molecular formula is C17H23N3O. The molecule has 0 aromatic heterocycles. The number of allylic oxidation sites excluding steroid dienone is 1. The summed E-state index contributed by atoms with van der Waals surface area (Å²) in [7, 11) is 1.61. The molecule has 4 heteroatoms. The first-order valence-corrected chi connectivity index (χ1v) is 7.40. The van der Waals surface area contributed by atoms with Gasteiger partial charge in [0, 0.05) is 13.5 Å². The van der Waals surface area contributed by atoms with E-state index in [0.717, 1.165) is 24.7 Å². The van der Waals surface area contributed by atoms with Crippen LogP contribution in [0.3, 0.4) is 0 Å². The molecule has 0 saturated carbocycles. The topological polar surface area (TPSA) is 67.5 Å². The molecule has 0 spiro atoms. The number of nitrogens with zero attached hydrogens (tertiary/aromatic N) is 1. The molecular weight excluding hydrogens is 262 g/mol. The van der Waals surface area contributed by atoms with Gasteiger partial charge in [-0.15, -0.1) is 0 Å². The lowest BCUT2D eigenvalue weighted by Gasteiger charge is -2.32. The van der Waals surface area contributed by atoms with E-state index in [1.165, 1.54) is 18.4 Å². The molecule has 1 atom stereocenters. The number of aldehydes is 1. The second kappa shape index (κ2) is 7.07. The zero-order valence-electron chi connectivity index (χ0n) is 12.5. The van der Waals surface area contributed by atoms with Gasteiger partial charge in [0.2, 0.25) is 0 Å².